The van der Waals surface area contributed by atoms with E-state index in [2.05, 4.69) is 27.7 Å². The Morgan fingerprint density at radius 3 is 2.00 bits per heavy atom. The molecule has 0 amide bonds. The zero-order chi connectivity index (χ0) is 10.8. The largest absolute Gasteiger partial charge is 0.389 e. The summed E-state index contributed by atoms with van der Waals surface area (Å²) in [6.45, 7) is 8.89. The molecule has 0 aliphatic heterocycles. The summed E-state index contributed by atoms with van der Waals surface area (Å²) >= 11 is 0. The van der Waals surface area contributed by atoms with Crippen molar-refractivity contribution in [1.82, 2.24) is 0 Å². The van der Waals surface area contributed by atoms with Gasteiger partial charge < -0.3 is 5.11 Å². The van der Waals surface area contributed by atoms with Crippen molar-refractivity contribution in [2.75, 3.05) is 0 Å². The van der Waals surface area contributed by atoms with Crippen LogP contribution in [-0.4, -0.2) is 10.7 Å². The molecule has 0 saturated heterocycles. The zero-order valence-corrected chi connectivity index (χ0v) is 10.3. The summed E-state index contributed by atoms with van der Waals surface area (Å²) in [4.78, 5) is 0. The Morgan fingerprint density at radius 2 is 1.57 bits per heavy atom. The summed E-state index contributed by atoms with van der Waals surface area (Å²) < 4.78 is 0. The first-order chi connectivity index (χ1) is 6.48. The van der Waals surface area contributed by atoms with Gasteiger partial charge in [-0.2, -0.15) is 0 Å². The molecule has 1 heteroatoms. The summed E-state index contributed by atoms with van der Waals surface area (Å²) in [6.07, 6.45) is 6.89. The zero-order valence-electron chi connectivity index (χ0n) is 10.3. The maximum Gasteiger partial charge on any atom is 0.0726 e. The lowest BCUT2D eigenvalue weighted by Crippen LogP contribution is -2.52. The molecule has 1 N–H and O–H groups in total. The molecular weight excluding hydrogens is 172 g/mol. The van der Waals surface area contributed by atoms with Crippen LogP contribution in [0.15, 0.2) is 0 Å². The van der Waals surface area contributed by atoms with E-state index in [1.54, 1.807) is 0 Å². The van der Waals surface area contributed by atoms with E-state index in [9.17, 15) is 5.11 Å². The molecule has 1 rings (SSSR count). The summed E-state index contributed by atoms with van der Waals surface area (Å²) in [6, 6.07) is 0. The van der Waals surface area contributed by atoms with Crippen molar-refractivity contribution >= 4 is 0 Å². The third-order valence-electron chi connectivity index (χ3n) is 4.44. The summed E-state index contributed by atoms with van der Waals surface area (Å²) in [5.74, 6) is 0.484. The van der Waals surface area contributed by atoms with Gasteiger partial charge in [-0.15, -0.1) is 0 Å². The normalized spacial score (nSPS) is 32.1. The maximum absolute atomic E-state index is 10.9. The molecule has 1 atom stereocenters. The van der Waals surface area contributed by atoms with E-state index in [0.29, 0.717) is 5.92 Å². The molecular formula is C13H26O. The third-order valence-corrected chi connectivity index (χ3v) is 4.44. The highest BCUT2D eigenvalue weighted by atomic mass is 16.3. The third kappa shape index (κ3) is 1.84. The Balaban J connectivity index is 2.87. The first kappa shape index (κ1) is 12.0. The molecule has 1 nitrogen and oxygen atoms in total. The van der Waals surface area contributed by atoms with Crippen LogP contribution in [0.2, 0.25) is 0 Å². The van der Waals surface area contributed by atoms with Gasteiger partial charge >= 0.3 is 0 Å². The van der Waals surface area contributed by atoms with Crippen molar-refractivity contribution in [3.63, 3.8) is 0 Å². The van der Waals surface area contributed by atoms with Gasteiger partial charge in [0.25, 0.3) is 0 Å². The molecule has 0 aromatic carbocycles. The number of hydrogen-bond acceptors (Lipinski definition) is 1. The first-order valence-electron chi connectivity index (χ1n) is 6.20. The Morgan fingerprint density at radius 1 is 1.07 bits per heavy atom. The van der Waals surface area contributed by atoms with Crippen LogP contribution in [0.1, 0.15) is 66.2 Å². The van der Waals surface area contributed by atoms with Gasteiger partial charge in [-0.3, -0.25) is 0 Å². The molecule has 1 saturated carbocycles. The maximum atomic E-state index is 10.9. The minimum Gasteiger partial charge on any atom is -0.389 e. The Hall–Kier alpha value is -0.0400. The molecule has 1 aliphatic carbocycles. The lowest BCUT2D eigenvalue weighted by molar-refractivity contribution is -0.139. The summed E-state index contributed by atoms with van der Waals surface area (Å²) in [7, 11) is 0. The fourth-order valence-electron chi connectivity index (χ4n) is 3.24. The van der Waals surface area contributed by atoms with Crippen LogP contribution in [0, 0.1) is 11.3 Å². The number of aliphatic hydroxyl groups is 1. The van der Waals surface area contributed by atoms with Crippen LogP contribution in [0.4, 0.5) is 0 Å². The van der Waals surface area contributed by atoms with Crippen LogP contribution < -0.4 is 0 Å². The molecule has 14 heavy (non-hydrogen) atoms. The van der Waals surface area contributed by atoms with E-state index in [0.717, 1.165) is 19.3 Å². The van der Waals surface area contributed by atoms with Crippen LogP contribution in [0.5, 0.6) is 0 Å². The van der Waals surface area contributed by atoms with E-state index in [4.69, 9.17) is 0 Å². The molecule has 84 valence electrons. The molecule has 1 aliphatic rings. The number of rotatable bonds is 3. The Labute approximate surface area is 88.9 Å². The first-order valence-corrected chi connectivity index (χ1v) is 6.20. The number of hydrogen-bond donors (Lipinski definition) is 1. The standard InChI is InChI=1S/C13H26O/c1-5-11(6-2)13(14)10-8-7-9-12(13,3)4/h11,14H,5-10H2,1-4H3. The van der Waals surface area contributed by atoms with Crippen LogP contribution in [0.3, 0.4) is 0 Å². The predicted octanol–water partition coefficient (Wildman–Crippen LogP) is 3.75. The second-order valence-electron chi connectivity index (χ2n) is 5.53. The molecule has 0 radical (unpaired) electrons. The van der Waals surface area contributed by atoms with Gasteiger partial charge in [0.2, 0.25) is 0 Å². The van der Waals surface area contributed by atoms with E-state index in [1.807, 2.05) is 0 Å². The van der Waals surface area contributed by atoms with Gasteiger partial charge in [-0.1, -0.05) is 53.4 Å². The second-order valence-corrected chi connectivity index (χ2v) is 5.53. The summed E-state index contributed by atoms with van der Waals surface area (Å²) in [5, 5.41) is 10.9. The van der Waals surface area contributed by atoms with Crippen molar-refractivity contribution in [1.29, 1.82) is 0 Å². The molecule has 0 spiro atoms. The van der Waals surface area contributed by atoms with Gasteiger partial charge in [0, 0.05) is 0 Å². The van der Waals surface area contributed by atoms with Crippen LogP contribution in [0.25, 0.3) is 0 Å². The fourth-order valence-corrected chi connectivity index (χ4v) is 3.24. The molecule has 0 heterocycles. The quantitative estimate of drug-likeness (QED) is 0.732. The molecule has 1 unspecified atom stereocenters. The minimum atomic E-state index is -0.408. The predicted molar refractivity (Wildman–Crippen MR) is 61.3 cm³/mol. The van der Waals surface area contributed by atoms with Crippen molar-refractivity contribution in [3.05, 3.63) is 0 Å². The average molecular weight is 198 g/mol. The van der Waals surface area contributed by atoms with E-state index in [-0.39, 0.29) is 5.41 Å². The Bertz CT molecular complexity index is 182. The molecule has 0 bridgehead atoms. The van der Waals surface area contributed by atoms with Crippen molar-refractivity contribution in [2.24, 2.45) is 11.3 Å². The lowest BCUT2D eigenvalue weighted by Gasteiger charge is -2.51. The average Bonchev–Trinajstić information content (AvgIpc) is 2.12. The smallest absolute Gasteiger partial charge is 0.0726 e. The van der Waals surface area contributed by atoms with Gasteiger partial charge in [0.15, 0.2) is 0 Å². The van der Waals surface area contributed by atoms with Gasteiger partial charge in [0.1, 0.15) is 0 Å². The lowest BCUT2D eigenvalue weighted by atomic mass is 9.59. The van der Waals surface area contributed by atoms with E-state index < -0.39 is 5.60 Å². The van der Waals surface area contributed by atoms with Crippen LogP contribution in [-0.2, 0) is 0 Å². The second kappa shape index (κ2) is 4.22. The highest BCUT2D eigenvalue weighted by molar-refractivity contribution is 4.99. The van der Waals surface area contributed by atoms with Gasteiger partial charge in [-0.05, 0) is 24.2 Å². The fraction of sp³-hybridized carbons (Fsp3) is 1.00. The molecule has 0 aromatic rings. The SMILES string of the molecule is CCC(CC)C1(O)CCCCC1(C)C. The monoisotopic (exact) mass is 198 g/mol. The minimum absolute atomic E-state index is 0.113. The highest BCUT2D eigenvalue weighted by Crippen LogP contribution is 2.49. The van der Waals surface area contributed by atoms with Crippen molar-refractivity contribution < 1.29 is 5.11 Å². The van der Waals surface area contributed by atoms with Crippen LogP contribution >= 0.6 is 0 Å². The topological polar surface area (TPSA) is 20.2 Å². The van der Waals surface area contributed by atoms with Gasteiger partial charge in [-0.25, -0.2) is 0 Å². The van der Waals surface area contributed by atoms with E-state index >= 15 is 0 Å². The highest BCUT2D eigenvalue weighted by Gasteiger charge is 2.48. The van der Waals surface area contributed by atoms with E-state index in [1.165, 1.54) is 19.3 Å². The molecule has 0 aromatic heterocycles. The molecule has 1 fully saturated rings. The summed E-state index contributed by atoms with van der Waals surface area (Å²) in [5.41, 5.74) is -0.295. The Kier molecular flexibility index (Phi) is 3.63. The van der Waals surface area contributed by atoms with Crippen molar-refractivity contribution in [3.8, 4) is 0 Å². The van der Waals surface area contributed by atoms with Gasteiger partial charge in [0.05, 0.1) is 5.60 Å². The van der Waals surface area contributed by atoms with Crippen molar-refractivity contribution in [2.45, 2.75) is 71.8 Å².